The first-order valence-corrected chi connectivity index (χ1v) is 7.84. The molecule has 0 heterocycles. The maximum Gasteiger partial charge on any atom is 0.524 e. The van der Waals surface area contributed by atoms with Crippen molar-refractivity contribution in [3.8, 4) is 16.9 Å². The highest BCUT2D eigenvalue weighted by atomic mass is 31.2. The molecule has 0 saturated carbocycles. The van der Waals surface area contributed by atoms with Gasteiger partial charge >= 0.3 is 7.82 Å². The highest BCUT2D eigenvalue weighted by Gasteiger charge is 2.18. The second kappa shape index (κ2) is 5.80. The van der Waals surface area contributed by atoms with E-state index in [1.54, 1.807) is 18.2 Å². The van der Waals surface area contributed by atoms with Crippen LogP contribution in [0.5, 0.6) is 5.75 Å². The Morgan fingerprint density at radius 1 is 1.05 bits per heavy atom. The molecule has 2 aromatic rings. The Hall–Kier alpha value is -1.61. The fourth-order valence-electron chi connectivity index (χ4n) is 1.98. The predicted octanol–water partition coefficient (Wildman–Crippen LogP) is 3.95. The van der Waals surface area contributed by atoms with Gasteiger partial charge in [0.2, 0.25) is 0 Å². The Morgan fingerprint density at radius 2 is 1.75 bits per heavy atom. The lowest BCUT2D eigenvalue weighted by Gasteiger charge is -2.13. The number of hydrogen-bond acceptors (Lipinski definition) is 2. The molecule has 0 aromatic heterocycles. The minimum atomic E-state index is -4.57. The maximum atomic E-state index is 11.0. The molecule has 0 spiro atoms. The molecule has 0 radical (unpaired) electrons. The Kier molecular flexibility index (Phi) is 4.29. The molecule has 106 valence electrons. The van der Waals surface area contributed by atoms with Crippen molar-refractivity contribution in [3.05, 3.63) is 54.1 Å². The third-order valence-electron chi connectivity index (χ3n) is 2.97. The highest BCUT2D eigenvalue weighted by molar-refractivity contribution is 7.46. The quantitative estimate of drug-likeness (QED) is 0.837. The van der Waals surface area contributed by atoms with Crippen LogP contribution in [0.4, 0.5) is 0 Å². The summed E-state index contributed by atoms with van der Waals surface area (Å²) in [4.78, 5) is 17.9. The molecule has 0 atom stereocenters. The molecule has 2 N–H and O–H groups in total. The van der Waals surface area contributed by atoms with Crippen molar-refractivity contribution in [2.45, 2.75) is 19.8 Å². The monoisotopic (exact) mass is 292 g/mol. The van der Waals surface area contributed by atoms with Gasteiger partial charge < -0.3 is 4.52 Å². The van der Waals surface area contributed by atoms with Crippen molar-refractivity contribution >= 4 is 7.82 Å². The topological polar surface area (TPSA) is 66.8 Å². The smallest absolute Gasteiger partial charge is 0.404 e. The summed E-state index contributed by atoms with van der Waals surface area (Å²) in [7, 11) is -4.57. The predicted molar refractivity (Wildman–Crippen MR) is 78.6 cm³/mol. The van der Waals surface area contributed by atoms with Crippen LogP contribution in [-0.4, -0.2) is 9.79 Å². The summed E-state index contributed by atoms with van der Waals surface area (Å²) in [6.07, 6.45) is 0. The van der Waals surface area contributed by atoms with E-state index >= 15 is 0 Å². The van der Waals surface area contributed by atoms with Crippen LogP contribution in [0.1, 0.15) is 25.3 Å². The number of phosphoric ester groups is 1. The largest absolute Gasteiger partial charge is 0.524 e. The zero-order valence-corrected chi connectivity index (χ0v) is 12.2. The molecule has 5 heteroatoms. The van der Waals surface area contributed by atoms with E-state index in [0.29, 0.717) is 11.5 Å². The number of hydrogen-bond donors (Lipinski definition) is 2. The summed E-state index contributed by atoms with van der Waals surface area (Å²) < 4.78 is 15.8. The molecule has 0 unspecified atom stereocenters. The number of phosphoric acid groups is 1. The number of benzene rings is 2. The van der Waals surface area contributed by atoms with Crippen LogP contribution in [0.25, 0.3) is 11.1 Å². The zero-order valence-electron chi connectivity index (χ0n) is 11.4. The molecule has 0 amide bonds. The van der Waals surface area contributed by atoms with Gasteiger partial charge in [-0.25, -0.2) is 4.57 Å². The van der Waals surface area contributed by atoms with Gasteiger partial charge in [0.05, 0.1) is 0 Å². The second-order valence-electron chi connectivity index (χ2n) is 4.86. The van der Waals surface area contributed by atoms with E-state index in [1.165, 1.54) is 0 Å². The van der Waals surface area contributed by atoms with Crippen molar-refractivity contribution in [1.82, 2.24) is 0 Å². The second-order valence-corrected chi connectivity index (χ2v) is 6.02. The molecule has 0 aliphatic heterocycles. The Balaban J connectivity index is 2.47. The van der Waals surface area contributed by atoms with Gasteiger partial charge in [-0.2, -0.15) is 0 Å². The van der Waals surface area contributed by atoms with E-state index in [-0.39, 0.29) is 5.75 Å². The van der Waals surface area contributed by atoms with Crippen molar-refractivity contribution in [2.24, 2.45) is 0 Å². The fourth-order valence-corrected chi connectivity index (χ4v) is 2.39. The van der Waals surface area contributed by atoms with Crippen molar-refractivity contribution in [3.63, 3.8) is 0 Å². The lowest BCUT2D eigenvalue weighted by atomic mass is 9.97. The minimum absolute atomic E-state index is 0.182. The standard InChI is InChI=1S/C15H17O4P/c1-11(2)12-6-5-7-13(10-12)14-8-3-4-9-15(14)19-20(16,17)18/h3-11H,1-2H3,(H2,16,17,18). The van der Waals surface area contributed by atoms with Crippen molar-refractivity contribution in [1.29, 1.82) is 0 Å². The van der Waals surface area contributed by atoms with E-state index in [9.17, 15) is 4.57 Å². The molecule has 20 heavy (non-hydrogen) atoms. The first-order chi connectivity index (χ1) is 9.37. The van der Waals surface area contributed by atoms with E-state index in [0.717, 1.165) is 11.1 Å². The van der Waals surface area contributed by atoms with Crippen LogP contribution in [0.15, 0.2) is 48.5 Å². The van der Waals surface area contributed by atoms with E-state index < -0.39 is 7.82 Å². The Bertz CT molecular complexity index is 646. The molecule has 0 aliphatic rings. The first-order valence-electron chi connectivity index (χ1n) is 6.31. The highest BCUT2D eigenvalue weighted by Crippen LogP contribution is 2.42. The molecule has 0 saturated heterocycles. The van der Waals surface area contributed by atoms with Gasteiger partial charge in [0.1, 0.15) is 5.75 Å². The van der Waals surface area contributed by atoms with Crippen LogP contribution in [0.2, 0.25) is 0 Å². The van der Waals surface area contributed by atoms with Crippen molar-refractivity contribution in [2.75, 3.05) is 0 Å². The molecule has 0 aliphatic carbocycles. The molecule has 0 bridgehead atoms. The lowest BCUT2D eigenvalue weighted by molar-refractivity contribution is 0.283. The Labute approximate surface area is 118 Å². The fraction of sp³-hybridized carbons (Fsp3) is 0.200. The summed E-state index contributed by atoms with van der Waals surface area (Å²) in [5.41, 5.74) is 2.70. The van der Waals surface area contributed by atoms with Gasteiger partial charge in [0.25, 0.3) is 0 Å². The van der Waals surface area contributed by atoms with Gasteiger partial charge in [0.15, 0.2) is 0 Å². The van der Waals surface area contributed by atoms with Crippen LogP contribution in [0, 0.1) is 0 Å². The van der Waals surface area contributed by atoms with Gasteiger partial charge in [-0.1, -0.05) is 56.3 Å². The summed E-state index contributed by atoms with van der Waals surface area (Å²) >= 11 is 0. The average molecular weight is 292 g/mol. The van der Waals surface area contributed by atoms with Crippen molar-refractivity contribution < 1.29 is 18.9 Å². The molecule has 0 fully saturated rings. The van der Waals surface area contributed by atoms with E-state index in [2.05, 4.69) is 13.8 Å². The van der Waals surface area contributed by atoms with E-state index in [1.807, 2.05) is 30.3 Å². The lowest BCUT2D eigenvalue weighted by Crippen LogP contribution is -1.93. The first kappa shape index (κ1) is 14.8. The van der Waals surface area contributed by atoms with E-state index in [4.69, 9.17) is 14.3 Å². The zero-order chi connectivity index (χ0) is 14.8. The number of rotatable bonds is 4. The third-order valence-corrected chi connectivity index (χ3v) is 3.40. The molecular formula is C15H17O4P. The molecule has 4 nitrogen and oxygen atoms in total. The molecular weight excluding hydrogens is 275 g/mol. The van der Waals surface area contributed by atoms with Crippen LogP contribution in [0.3, 0.4) is 0 Å². The van der Waals surface area contributed by atoms with Gasteiger partial charge in [-0.3, -0.25) is 9.79 Å². The summed E-state index contributed by atoms with van der Waals surface area (Å²) in [5, 5.41) is 0. The van der Waals surface area contributed by atoms with Gasteiger partial charge in [-0.05, 0) is 23.1 Å². The third kappa shape index (κ3) is 3.70. The van der Waals surface area contributed by atoms with Gasteiger partial charge in [-0.15, -0.1) is 0 Å². The summed E-state index contributed by atoms with van der Waals surface area (Å²) in [6.45, 7) is 4.19. The SMILES string of the molecule is CC(C)c1cccc(-c2ccccc2OP(=O)(O)O)c1. The van der Waals surface area contributed by atoms with Crippen LogP contribution >= 0.6 is 7.82 Å². The molecule has 2 rings (SSSR count). The normalized spacial score (nSPS) is 11.7. The van der Waals surface area contributed by atoms with Gasteiger partial charge in [0, 0.05) is 5.56 Å². The summed E-state index contributed by atoms with van der Waals surface area (Å²) in [6, 6.07) is 14.7. The average Bonchev–Trinajstić information content (AvgIpc) is 2.37. The number of para-hydroxylation sites is 1. The Morgan fingerprint density at radius 3 is 2.40 bits per heavy atom. The summed E-state index contributed by atoms with van der Waals surface area (Å²) in [5.74, 6) is 0.562. The van der Waals surface area contributed by atoms with Crippen LogP contribution in [-0.2, 0) is 4.57 Å². The maximum absolute atomic E-state index is 11.0. The minimum Gasteiger partial charge on any atom is -0.404 e. The van der Waals surface area contributed by atoms with Crippen LogP contribution < -0.4 is 4.52 Å². The molecule has 2 aromatic carbocycles.